The first-order valence-electron chi connectivity index (χ1n) is 7.17. The summed E-state index contributed by atoms with van der Waals surface area (Å²) in [6.07, 6.45) is 2.56. The molecule has 0 heterocycles. The number of amides is 1. The van der Waals surface area contributed by atoms with E-state index in [4.69, 9.17) is 16.8 Å². The van der Waals surface area contributed by atoms with Gasteiger partial charge in [-0.1, -0.05) is 0 Å². The number of carbonyl (C=O) groups excluding carboxylic acids is 2. The molecule has 21 heavy (non-hydrogen) atoms. The summed E-state index contributed by atoms with van der Waals surface area (Å²) in [5.41, 5.74) is 2.06. The van der Waals surface area contributed by atoms with Gasteiger partial charge in [-0.3, -0.25) is 9.69 Å². The largest absolute Gasteiger partial charge is 0.391 e. The third-order valence-corrected chi connectivity index (χ3v) is 3.27. The molecule has 0 aromatic carbocycles. The van der Waals surface area contributed by atoms with Gasteiger partial charge in [-0.25, -0.2) is 5.48 Å². The Hall–Kier alpha value is -0.730. The smallest absolute Gasteiger partial charge is 0.220 e. The van der Waals surface area contributed by atoms with Crippen molar-refractivity contribution in [2.24, 2.45) is 0 Å². The van der Waals surface area contributed by atoms with Gasteiger partial charge >= 0.3 is 0 Å². The molecule has 1 unspecified atom stereocenters. The minimum absolute atomic E-state index is 0.0426. The second-order valence-corrected chi connectivity index (χ2v) is 5.09. The van der Waals surface area contributed by atoms with Crippen LogP contribution in [-0.2, 0) is 9.59 Å². The zero-order valence-electron chi connectivity index (χ0n) is 12.3. The third-order valence-electron chi connectivity index (χ3n) is 2.91. The number of hydroxylamine groups is 1. The maximum absolute atomic E-state index is 11.5. The molecule has 8 heteroatoms. The van der Waals surface area contributed by atoms with Gasteiger partial charge in [0, 0.05) is 51.4 Å². The standard InChI is InChI=1S/C13H26ClN3O4/c14-10-12(19)11-17(8-6-16-21)7-5-15-13(20)4-2-1-3-9-18/h9,12,16,19,21H,1-8,10-11H2,(H,15,20). The number of aldehydes is 1. The van der Waals surface area contributed by atoms with Crippen LogP contribution in [0.3, 0.4) is 0 Å². The van der Waals surface area contributed by atoms with E-state index in [9.17, 15) is 14.7 Å². The van der Waals surface area contributed by atoms with E-state index in [-0.39, 0.29) is 11.8 Å². The van der Waals surface area contributed by atoms with Crippen LogP contribution in [-0.4, -0.2) is 72.1 Å². The number of carbonyl (C=O) groups is 2. The van der Waals surface area contributed by atoms with Gasteiger partial charge in [0.1, 0.15) is 6.29 Å². The molecule has 1 atom stereocenters. The fourth-order valence-electron chi connectivity index (χ4n) is 1.80. The Morgan fingerprint density at radius 3 is 2.62 bits per heavy atom. The average molecular weight is 324 g/mol. The predicted molar refractivity (Wildman–Crippen MR) is 80.5 cm³/mol. The molecule has 1 amide bonds. The van der Waals surface area contributed by atoms with Gasteiger partial charge in [0.25, 0.3) is 0 Å². The quantitative estimate of drug-likeness (QED) is 0.152. The highest BCUT2D eigenvalue weighted by atomic mass is 35.5. The van der Waals surface area contributed by atoms with Gasteiger partial charge in [-0.15, -0.1) is 11.6 Å². The number of alkyl halides is 1. The van der Waals surface area contributed by atoms with Crippen molar-refractivity contribution in [2.45, 2.75) is 31.8 Å². The lowest BCUT2D eigenvalue weighted by Crippen LogP contribution is -2.42. The molecule has 0 rings (SSSR count). The molecule has 0 saturated heterocycles. The van der Waals surface area contributed by atoms with Crippen LogP contribution in [0.25, 0.3) is 0 Å². The summed E-state index contributed by atoms with van der Waals surface area (Å²) in [6, 6.07) is 0. The number of rotatable bonds is 14. The Bertz CT molecular complexity index is 282. The first-order valence-corrected chi connectivity index (χ1v) is 7.71. The van der Waals surface area contributed by atoms with E-state index in [1.807, 2.05) is 4.90 Å². The highest BCUT2D eigenvalue weighted by Crippen LogP contribution is 1.98. The van der Waals surface area contributed by atoms with Crippen molar-refractivity contribution in [1.82, 2.24) is 15.7 Å². The first-order chi connectivity index (χ1) is 10.1. The number of hydrogen-bond acceptors (Lipinski definition) is 6. The molecule has 0 radical (unpaired) electrons. The van der Waals surface area contributed by atoms with Crippen LogP contribution in [0.2, 0.25) is 0 Å². The number of unbranched alkanes of at least 4 members (excludes halogenated alkanes) is 2. The molecule has 0 aromatic heterocycles. The summed E-state index contributed by atoms with van der Waals surface area (Å²) < 4.78 is 0. The summed E-state index contributed by atoms with van der Waals surface area (Å²) in [5.74, 6) is 0.102. The van der Waals surface area contributed by atoms with E-state index in [1.54, 1.807) is 0 Å². The van der Waals surface area contributed by atoms with Crippen LogP contribution in [0.1, 0.15) is 25.7 Å². The van der Waals surface area contributed by atoms with Crippen molar-refractivity contribution in [3.05, 3.63) is 0 Å². The van der Waals surface area contributed by atoms with Crippen LogP contribution in [0.15, 0.2) is 0 Å². The molecular formula is C13H26ClN3O4. The van der Waals surface area contributed by atoms with Crippen molar-refractivity contribution in [1.29, 1.82) is 0 Å². The number of halogens is 1. The number of hydrogen-bond donors (Lipinski definition) is 4. The zero-order chi connectivity index (χ0) is 15.9. The maximum Gasteiger partial charge on any atom is 0.220 e. The molecule has 0 bridgehead atoms. The van der Waals surface area contributed by atoms with Crippen LogP contribution in [0, 0.1) is 0 Å². The van der Waals surface area contributed by atoms with Gasteiger partial charge in [0.15, 0.2) is 0 Å². The fraction of sp³-hybridized carbons (Fsp3) is 0.846. The monoisotopic (exact) mass is 323 g/mol. The predicted octanol–water partition coefficient (Wildman–Crippen LogP) is -0.258. The van der Waals surface area contributed by atoms with Gasteiger partial charge in [-0.05, 0) is 12.8 Å². The van der Waals surface area contributed by atoms with Crippen LogP contribution in [0.5, 0.6) is 0 Å². The Kier molecular flexibility index (Phi) is 13.7. The molecule has 124 valence electrons. The minimum atomic E-state index is -0.635. The van der Waals surface area contributed by atoms with Crippen LogP contribution in [0.4, 0.5) is 0 Å². The molecule has 0 saturated carbocycles. The number of nitrogens with zero attached hydrogens (tertiary/aromatic N) is 1. The molecule has 0 aliphatic carbocycles. The molecule has 4 N–H and O–H groups in total. The first kappa shape index (κ1) is 20.3. The molecule has 0 aliphatic rings. The minimum Gasteiger partial charge on any atom is -0.391 e. The summed E-state index contributed by atoms with van der Waals surface area (Å²) in [4.78, 5) is 23.6. The van der Waals surface area contributed by atoms with E-state index in [0.717, 1.165) is 12.7 Å². The highest BCUT2D eigenvalue weighted by Gasteiger charge is 2.11. The van der Waals surface area contributed by atoms with Crippen LogP contribution < -0.4 is 10.8 Å². The second kappa shape index (κ2) is 14.2. The topological polar surface area (TPSA) is 102 Å². The molecule has 7 nitrogen and oxygen atoms in total. The summed E-state index contributed by atoms with van der Waals surface area (Å²) in [7, 11) is 0. The zero-order valence-corrected chi connectivity index (χ0v) is 13.0. The normalized spacial score (nSPS) is 12.4. The lowest BCUT2D eigenvalue weighted by molar-refractivity contribution is -0.121. The van der Waals surface area contributed by atoms with Crippen LogP contribution >= 0.6 is 11.6 Å². The van der Waals surface area contributed by atoms with Crippen molar-refractivity contribution < 1.29 is 19.9 Å². The molecule has 0 aromatic rings. The summed E-state index contributed by atoms with van der Waals surface area (Å²) >= 11 is 5.56. The van der Waals surface area contributed by atoms with Crippen molar-refractivity contribution in [2.75, 3.05) is 38.6 Å². The van der Waals surface area contributed by atoms with Gasteiger partial charge in [-0.2, -0.15) is 0 Å². The maximum atomic E-state index is 11.5. The number of nitrogens with one attached hydrogen (secondary N) is 2. The highest BCUT2D eigenvalue weighted by molar-refractivity contribution is 6.18. The Labute approximate surface area is 130 Å². The summed E-state index contributed by atoms with van der Waals surface area (Å²) in [5, 5.41) is 20.9. The Morgan fingerprint density at radius 1 is 1.29 bits per heavy atom. The van der Waals surface area contributed by atoms with E-state index in [1.165, 1.54) is 0 Å². The van der Waals surface area contributed by atoms with Gasteiger partial charge in [0.05, 0.1) is 6.10 Å². The lowest BCUT2D eigenvalue weighted by Gasteiger charge is -2.24. The molecule has 0 aliphatic heterocycles. The van der Waals surface area contributed by atoms with E-state index in [0.29, 0.717) is 52.0 Å². The van der Waals surface area contributed by atoms with Gasteiger partial charge in [0.2, 0.25) is 5.91 Å². The van der Waals surface area contributed by atoms with Crippen molar-refractivity contribution >= 4 is 23.8 Å². The fourth-order valence-corrected chi connectivity index (χ4v) is 1.90. The third kappa shape index (κ3) is 12.7. The average Bonchev–Trinajstić information content (AvgIpc) is 2.48. The number of aliphatic hydroxyl groups excluding tert-OH is 1. The second-order valence-electron chi connectivity index (χ2n) is 4.78. The van der Waals surface area contributed by atoms with E-state index < -0.39 is 6.10 Å². The lowest BCUT2D eigenvalue weighted by atomic mass is 10.2. The molecule has 0 fully saturated rings. The van der Waals surface area contributed by atoms with Crippen molar-refractivity contribution in [3.8, 4) is 0 Å². The van der Waals surface area contributed by atoms with Gasteiger partial charge < -0.3 is 20.4 Å². The summed E-state index contributed by atoms with van der Waals surface area (Å²) in [6.45, 7) is 2.33. The molecular weight excluding hydrogens is 298 g/mol. The van der Waals surface area contributed by atoms with E-state index >= 15 is 0 Å². The number of aliphatic hydroxyl groups is 1. The Balaban J connectivity index is 3.83. The van der Waals surface area contributed by atoms with E-state index in [2.05, 4.69) is 10.8 Å². The molecule has 0 spiro atoms. The SMILES string of the molecule is O=CCCCCC(=O)NCCN(CCNO)CC(O)CCl. The Morgan fingerprint density at radius 2 is 2.00 bits per heavy atom. The van der Waals surface area contributed by atoms with Crippen molar-refractivity contribution in [3.63, 3.8) is 0 Å².